The van der Waals surface area contributed by atoms with E-state index in [0.717, 1.165) is 25.7 Å². The van der Waals surface area contributed by atoms with Crippen molar-refractivity contribution in [2.75, 3.05) is 0 Å². The van der Waals surface area contributed by atoms with Gasteiger partial charge in [0.25, 0.3) is 0 Å². The van der Waals surface area contributed by atoms with Crippen molar-refractivity contribution in [3.05, 3.63) is 0 Å². The molecule has 116 valence electrons. The van der Waals surface area contributed by atoms with Gasteiger partial charge in [-0.05, 0) is 37.5 Å². The van der Waals surface area contributed by atoms with Gasteiger partial charge in [0.05, 0.1) is 18.1 Å². The van der Waals surface area contributed by atoms with E-state index >= 15 is 0 Å². The van der Waals surface area contributed by atoms with Crippen LogP contribution in [0, 0.1) is 23.7 Å². The fourth-order valence-corrected chi connectivity index (χ4v) is 6.63. The third-order valence-electron chi connectivity index (χ3n) is 7.29. The molecule has 2 heterocycles. The van der Waals surface area contributed by atoms with E-state index in [1.165, 1.54) is 19.3 Å². The van der Waals surface area contributed by atoms with E-state index in [2.05, 4.69) is 11.8 Å². The number of carbonyl (C=O) groups is 1. The fourth-order valence-electron chi connectivity index (χ4n) is 6.63. The van der Waals surface area contributed by atoms with Gasteiger partial charge in [0, 0.05) is 12.0 Å². The quantitative estimate of drug-likeness (QED) is 0.845. The van der Waals surface area contributed by atoms with Gasteiger partial charge >= 0.3 is 0 Å². The van der Waals surface area contributed by atoms with Gasteiger partial charge in [0.15, 0.2) is 0 Å². The van der Waals surface area contributed by atoms with E-state index in [1.54, 1.807) is 0 Å². The lowest BCUT2D eigenvalue weighted by Crippen LogP contribution is -2.55. The number of hydrogen-bond donors (Lipinski definition) is 1. The molecule has 2 saturated heterocycles. The van der Waals surface area contributed by atoms with Gasteiger partial charge in [-0.3, -0.25) is 4.79 Å². The van der Waals surface area contributed by atoms with Crippen LogP contribution < -0.4 is 0 Å². The average molecular weight is 291 g/mol. The maximum absolute atomic E-state index is 13.2. The first-order valence-corrected chi connectivity index (χ1v) is 8.88. The highest BCUT2D eigenvalue weighted by molar-refractivity contribution is 5.85. The Morgan fingerprint density at radius 1 is 1.29 bits per heavy atom. The first-order valence-electron chi connectivity index (χ1n) is 8.88. The van der Waals surface area contributed by atoms with Gasteiger partial charge in [-0.2, -0.15) is 0 Å². The molecule has 0 radical (unpaired) electrons. The Labute approximate surface area is 125 Å². The summed E-state index contributed by atoms with van der Waals surface area (Å²) in [5, 5.41) is 10.5. The summed E-state index contributed by atoms with van der Waals surface area (Å²) in [7, 11) is 0. The number of rotatable bonds is 2. The van der Waals surface area contributed by atoms with Crippen LogP contribution in [0.5, 0.6) is 0 Å². The summed E-state index contributed by atoms with van der Waals surface area (Å²) >= 11 is 0. The first kappa shape index (κ1) is 12.9. The summed E-state index contributed by atoms with van der Waals surface area (Å²) in [5.41, 5.74) is -0.384. The third kappa shape index (κ3) is 1.29. The van der Waals surface area contributed by atoms with E-state index in [0.29, 0.717) is 23.8 Å². The average Bonchev–Trinajstić information content (AvgIpc) is 3.16. The van der Waals surface area contributed by atoms with E-state index in [4.69, 9.17) is 4.74 Å². The van der Waals surface area contributed by atoms with Crippen molar-refractivity contribution in [3.63, 3.8) is 0 Å². The van der Waals surface area contributed by atoms with Crippen molar-refractivity contribution in [1.29, 1.82) is 0 Å². The minimum Gasteiger partial charge on any atom is -0.390 e. The smallest absolute Gasteiger partial charge is 0.229 e. The molecular formula is C17H25NO3. The molecule has 0 spiro atoms. The Bertz CT molecular complexity index is 488. The third-order valence-corrected chi connectivity index (χ3v) is 7.29. The van der Waals surface area contributed by atoms with Crippen LogP contribution in [0.1, 0.15) is 51.9 Å². The zero-order valence-electron chi connectivity index (χ0n) is 12.7. The van der Waals surface area contributed by atoms with Crippen molar-refractivity contribution in [3.8, 4) is 0 Å². The fraction of sp³-hybridized carbons (Fsp3) is 0.941. The van der Waals surface area contributed by atoms with Crippen molar-refractivity contribution in [1.82, 2.24) is 4.90 Å². The lowest BCUT2D eigenvalue weighted by molar-refractivity contribution is -0.189. The molecule has 1 N–H and O–H groups in total. The molecule has 3 aliphatic carbocycles. The molecule has 2 aliphatic heterocycles. The molecular weight excluding hydrogens is 266 g/mol. The van der Waals surface area contributed by atoms with Crippen LogP contribution in [-0.4, -0.2) is 39.9 Å². The molecule has 2 bridgehead atoms. The molecule has 7 atom stereocenters. The number of carbonyl (C=O) groups excluding carboxylic acids is 1. The normalized spacial score (nSPS) is 55.0. The van der Waals surface area contributed by atoms with E-state index < -0.39 is 6.10 Å². The Morgan fingerprint density at radius 3 is 2.76 bits per heavy atom. The largest absolute Gasteiger partial charge is 0.390 e. The number of aliphatic hydroxyl groups is 1. The first-order chi connectivity index (χ1) is 10.2. The second kappa shape index (κ2) is 4.02. The van der Waals surface area contributed by atoms with Crippen LogP contribution >= 0.6 is 0 Å². The maximum atomic E-state index is 13.2. The van der Waals surface area contributed by atoms with Crippen molar-refractivity contribution < 1.29 is 14.6 Å². The van der Waals surface area contributed by atoms with Crippen LogP contribution in [0.15, 0.2) is 0 Å². The molecule has 1 amide bonds. The molecule has 0 aromatic carbocycles. The number of fused-ring (bicyclic) bond motifs is 2. The molecule has 21 heavy (non-hydrogen) atoms. The SMILES string of the molecule is CC[C@]12O[C@@H]3[C@H](O)[C@H]4C[C@H]3[C@H]1[C@@H]4C(=O)N2C1CCCCC1. The summed E-state index contributed by atoms with van der Waals surface area (Å²) in [5.74, 6) is 1.30. The summed E-state index contributed by atoms with van der Waals surface area (Å²) in [6.07, 6.45) is 7.54. The van der Waals surface area contributed by atoms with Gasteiger partial charge < -0.3 is 14.7 Å². The van der Waals surface area contributed by atoms with Gasteiger partial charge in [-0.1, -0.05) is 26.2 Å². The van der Waals surface area contributed by atoms with E-state index in [9.17, 15) is 9.90 Å². The minimum absolute atomic E-state index is 0.00427. The molecule has 5 rings (SSSR count). The van der Waals surface area contributed by atoms with E-state index in [-0.39, 0.29) is 23.7 Å². The molecule has 4 nitrogen and oxygen atoms in total. The predicted octanol–water partition coefficient (Wildman–Crippen LogP) is 1.91. The van der Waals surface area contributed by atoms with Gasteiger partial charge in [0.1, 0.15) is 5.72 Å². The van der Waals surface area contributed by atoms with Crippen LogP contribution in [0.2, 0.25) is 0 Å². The number of aliphatic hydroxyl groups excluding tert-OH is 1. The summed E-state index contributed by atoms with van der Waals surface area (Å²) in [6, 6.07) is 0.382. The number of amides is 1. The lowest BCUT2D eigenvalue weighted by atomic mass is 9.76. The highest BCUT2D eigenvalue weighted by atomic mass is 16.6. The predicted molar refractivity (Wildman–Crippen MR) is 76.2 cm³/mol. The Hall–Kier alpha value is -0.610. The van der Waals surface area contributed by atoms with Crippen LogP contribution in [0.4, 0.5) is 0 Å². The van der Waals surface area contributed by atoms with Crippen molar-refractivity contribution in [2.45, 2.75) is 75.8 Å². The van der Waals surface area contributed by atoms with Crippen molar-refractivity contribution in [2.24, 2.45) is 23.7 Å². The second-order valence-electron chi connectivity index (χ2n) is 7.89. The number of likely N-dealkylation sites (tertiary alicyclic amines) is 1. The standard InChI is InChI=1S/C17H25NO3/c1-2-17-13-11-8-10(14(19)15(11)21-17)12(13)16(20)18(17)9-6-4-3-5-7-9/h9-15,19H,2-8H2,1H3/t10-,11-,12+,13-,14+,15-,17-/m0/s1. The van der Waals surface area contributed by atoms with Crippen LogP contribution in [0.25, 0.3) is 0 Å². The zero-order valence-corrected chi connectivity index (χ0v) is 12.7. The van der Waals surface area contributed by atoms with E-state index in [1.807, 2.05) is 0 Å². The van der Waals surface area contributed by atoms with Crippen molar-refractivity contribution >= 4 is 5.91 Å². The highest BCUT2D eigenvalue weighted by Gasteiger charge is 2.78. The van der Waals surface area contributed by atoms with Gasteiger partial charge in [0.2, 0.25) is 5.91 Å². The molecule has 3 saturated carbocycles. The summed E-state index contributed by atoms with van der Waals surface area (Å²) < 4.78 is 6.47. The van der Waals surface area contributed by atoms with Crippen LogP contribution in [0.3, 0.4) is 0 Å². The Kier molecular flexibility index (Phi) is 2.47. The molecule has 0 unspecified atom stereocenters. The zero-order chi connectivity index (χ0) is 14.4. The second-order valence-corrected chi connectivity index (χ2v) is 7.89. The monoisotopic (exact) mass is 291 g/mol. The topological polar surface area (TPSA) is 49.8 Å². The Morgan fingerprint density at radius 2 is 2.05 bits per heavy atom. The maximum Gasteiger partial charge on any atom is 0.229 e. The molecule has 5 aliphatic rings. The lowest BCUT2D eigenvalue weighted by Gasteiger charge is -2.44. The summed E-state index contributed by atoms with van der Waals surface area (Å²) in [4.78, 5) is 15.3. The highest BCUT2D eigenvalue weighted by Crippen LogP contribution is 2.68. The summed E-state index contributed by atoms with van der Waals surface area (Å²) in [6.45, 7) is 2.16. The Balaban J connectivity index is 1.58. The number of ether oxygens (including phenoxy) is 1. The van der Waals surface area contributed by atoms with Gasteiger partial charge in [-0.25, -0.2) is 0 Å². The molecule has 4 heteroatoms. The molecule has 5 fully saturated rings. The van der Waals surface area contributed by atoms with Crippen LogP contribution in [-0.2, 0) is 9.53 Å². The van der Waals surface area contributed by atoms with Gasteiger partial charge in [-0.15, -0.1) is 0 Å². The number of hydrogen-bond acceptors (Lipinski definition) is 3. The minimum atomic E-state index is -0.401. The molecule has 0 aromatic rings. The molecule has 0 aromatic heterocycles. The number of nitrogens with zero attached hydrogens (tertiary/aromatic N) is 1.